The molecule has 12 heavy (non-hydrogen) atoms. The smallest absolute Gasteiger partial charge is 0.123 e. The van der Waals surface area contributed by atoms with Crippen LogP contribution in [0.5, 0.6) is 0 Å². The lowest BCUT2D eigenvalue weighted by Gasteiger charge is -2.22. The highest BCUT2D eigenvalue weighted by Gasteiger charge is 2.14. The molecular formula is C9H17NO2. The number of aliphatic hydroxyl groups is 1. The summed E-state index contributed by atoms with van der Waals surface area (Å²) in [5, 5.41) is 9.61. The second-order valence-electron chi connectivity index (χ2n) is 3.38. The highest BCUT2D eigenvalue weighted by molar-refractivity contribution is 5.02. The summed E-state index contributed by atoms with van der Waals surface area (Å²) in [4.78, 5) is 1.95. The molecule has 0 aromatic rings. The molecule has 0 saturated carbocycles. The first-order valence-electron chi connectivity index (χ1n) is 4.36. The number of rotatable bonds is 3. The summed E-state index contributed by atoms with van der Waals surface area (Å²) in [5.74, 6) is 0.745. The lowest BCUT2D eigenvalue weighted by Crippen LogP contribution is -2.29. The van der Waals surface area contributed by atoms with Crippen molar-refractivity contribution in [1.29, 1.82) is 0 Å². The highest BCUT2D eigenvalue weighted by Crippen LogP contribution is 2.13. The van der Waals surface area contributed by atoms with Crippen molar-refractivity contribution in [3.63, 3.8) is 0 Å². The first kappa shape index (κ1) is 9.55. The van der Waals surface area contributed by atoms with E-state index >= 15 is 0 Å². The second-order valence-corrected chi connectivity index (χ2v) is 3.38. The van der Waals surface area contributed by atoms with Crippen LogP contribution >= 0.6 is 0 Å². The summed E-state index contributed by atoms with van der Waals surface area (Å²) in [7, 11) is 3.87. The molecule has 1 rings (SSSR count). The molecule has 1 unspecified atom stereocenters. The van der Waals surface area contributed by atoms with Crippen molar-refractivity contribution in [1.82, 2.24) is 4.90 Å². The maximum atomic E-state index is 9.61. The average molecular weight is 171 g/mol. The Kier molecular flexibility index (Phi) is 3.56. The van der Waals surface area contributed by atoms with Gasteiger partial charge in [-0.2, -0.15) is 0 Å². The van der Waals surface area contributed by atoms with Crippen molar-refractivity contribution < 1.29 is 9.84 Å². The summed E-state index contributed by atoms with van der Waals surface area (Å²) in [5.41, 5.74) is 0. The normalized spacial score (nSPS) is 20.2. The van der Waals surface area contributed by atoms with Gasteiger partial charge in [-0.15, -0.1) is 0 Å². The van der Waals surface area contributed by atoms with E-state index in [0.717, 1.165) is 25.2 Å². The molecule has 0 aliphatic carbocycles. The second kappa shape index (κ2) is 4.48. The summed E-state index contributed by atoms with van der Waals surface area (Å²) < 4.78 is 5.33. The van der Waals surface area contributed by atoms with Gasteiger partial charge in [-0.1, -0.05) is 0 Å². The van der Waals surface area contributed by atoms with Crippen LogP contribution in [0.25, 0.3) is 0 Å². The topological polar surface area (TPSA) is 32.7 Å². The summed E-state index contributed by atoms with van der Waals surface area (Å²) >= 11 is 0. The van der Waals surface area contributed by atoms with E-state index in [0.29, 0.717) is 6.54 Å². The van der Waals surface area contributed by atoms with Gasteiger partial charge in [0.2, 0.25) is 0 Å². The average Bonchev–Trinajstić information content (AvgIpc) is 2.05. The summed E-state index contributed by atoms with van der Waals surface area (Å²) in [6.07, 6.45) is 3.62. The van der Waals surface area contributed by atoms with Crippen LogP contribution in [0.4, 0.5) is 0 Å². The molecule has 70 valence electrons. The molecule has 0 saturated heterocycles. The van der Waals surface area contributed by atoms with Crippen molar-refractivity contribution >= 4 is 0 Å². The van der Waals surface area contributed by atoms with Gasteiger partial charge in [-0.3, -0.25) is 0 Å². The molecule has 0 aromatic carbocycles. The van der Waals surface area contributed by atoms with Crippen molar-refractivity contribution in [3.8, 4) is 0 Å². The maximum Gasteiger partial charge on any atom is 0.123 e. The van der Waals surface area contributed by atoms with E-state index in [1.54, 1.807) is 0 Å². The van der Waals surface area contributed by atoms with Crippen molar-refractivity contribution in [2.24, 2.45) is 0 Å². The van der Waals surface area contributed by atoms with Gasteiger partial charge in [-0.25, -0.2) is 0 Å². The SMILES string of the molecule is CN(C)CC(O)C1=CCCCO1. The Labute approximate surface area is 73.6 Å². The Hall–Kier alpha value is -0.540. The van der Waals surface area contributed by atoms with E-state index in [-0.39, 0.29) is 0 Å². The van der Waals surface area contributed by atoms with Gasteiger partial charge >= 0.3 is 0 Å². The molecule has 3 nitrogen and oxygen atoms in total. The minimum atomic E-state index is -0.458. The minimum absolute atomic E-state index is 0.458. The zero-order valence-electron chi connectivity index (χ0n) is 7.79. The van der Waals surface area contributed by atoms with E-state index in [1.807, 2.05) is 25.1 Å². The molecule has 1 aliphatic rings. The van der Waals surface area contributed by atoms with E-state index in [2.05, 4.69) is 0 Å². The van der Waals surface area contributed by atoms with Crippen LogP contribution in [-0.2, 0) is 4.74 Å². The number of aliphatic hydroxyl groups excluding tert-OH is 1. The molecule has 1 N–H and O–H groups in total. The van der Waals surface area contributed by atoms with Crippen molar-refractivity contribution in [3.05, 3.63) is 11.8 Å². The third kappa shape index (κ3) is 2.83. The third-order valence-corrected chi connectivity index (χ3v) is 1.83. The highest BCUT2D eigenvalue weighted by atomic mass is 16.5. The van der Waals surface area contributed by atoms with Gasteiger partial charge in [-0.05, 0) is 33.0 Å². The first-order valence-corrected chi connectivity index (χ1v) is 4.36. The monoisotopic (exact) mass is 171 g/mol. The number of allylic oxidation sites excluding steroid dienone is 1. The Morgan fingerprint density at radius 2 is 2.42 bits per heavy atom. The van der Waals surface area contributed by atoms with Crippen LogP contribution in [0, 0.1) is 0 Å². The molecule has 0 aromatic heterocycles. The van der Waals surface area contributed by atoms with Crippen LogP contribution in [0.2, 0.25) is 0 Å². The van der Waals surface area contributed by atoms with E-state index in [9.17, 15) is 5.11 Å². The number of likely N-dealkylation sites (N-methyl/N-ethyl adjacent to an activating group) is 1. The van der Waals surface area contributed by atoms with Gasteiger partial charge in [0.25, 0.3) is 0 Å². The number of hydrogen-bond donors (Lipinski definition) is 1. The molecule has 1 heterocycles. The molecule has 0 spiro atoms. The molecule has 0 bridgehead atoms. The van der Waals surface area contributed by atoms with Gasteiger partial charge < -0.3 is 14.7 Å². The van der Waals surface area contributed by atoms with Gasteiger partial charge in [0, 0.05) is 6.54 Å². The van der Waals surface area contributed by atoms with E-state index < -0.39 is 6.10 Å². The molecule has 3 heteroatoms. The van der Waals surface area contributed by atoms with Crippen LogP contribution < -0.4 is 0 Å². The van der Waals surface area contributed by atoms with Crippen LogP contribution in [-0.4, -0.2) is 43.4 Å². The zero-order chi connectivity index (χ0) is 8.97. The van der Waals surface area contributed by atoms with E-state index in [1.165, 1.54) is 0 Å². The fourth-order valence-corrected chi connectivity index (χ4v) is 1.24. The Morgan fingerprint density at radius 1 is 1.67 bits per heavy atom. The number of ether oxygens (including phenoxy) is 1. The van der Waals surface area contributed by atoms with Crippen LogP contribution in [0.1, 0.15) is 12.8 Å². The molecule has 0 radical (unpaired) electrons. The van der Waals surface area contributed by atoms with Gasteiger partial charge in [0.1, 0.15) is 11.9 Å². The quantitative estimate of drug-likeness (QED) is 0.675. The van der Waals surface area contributed by atoms with Gasteiger partial charge in [0.15, 0.2) is 0 Å². The summed E-state index contributed by atoms with van der Waals surface area (Å²) in [6.45, 7) is 1.38. The molecule has 1 atom stereocenters. The number of hydrogen-bond acceptors (Lipinski definition) is 3. The molecule has 0 amide bonds. The lowest BCUT2D eigenvalue weighted by molar-refractivity contribution is 0.0751. The predicted molar refractivity (Wildman–Crippen MR) is 47.8 cm³/mol. The Morgan fingerprint density at radius 3 is 2.92 bits per heavy atom. The first-order chi connectivity index (χ1) is 5.70. The molecule has 1 aliphatic heterocycles. The standard InChI is InChI=1S/C9H17NO2/c1-10(2)7-8(11)9-5-3-4-6-12-9/h5,8,11H,3-4,6-7H2,1-2H3. The van der Waals surface area contributed by atoms with Crippen molar-refractivity contribution in [2.45, 2.75) is 18.9 Å². The molecule has 0 fully saturated rings. The van der Waals surface area contributed by atoms with Gasteiger partial charge in [0.05, 0.1) is 6.61 Å². The Bertz CT molecular complexity index is 166. The lowest BCUT2D eigenvalue weighted by atomic mass is 10.2. The third-order valence-electron chi connectivity index (χ3n) is 1.83. The minimum Gasteiger partial charge on any atom is -0.495 e. The largest absolute Gasteiger partial charge is 0.495 e. The fraction of sp³-hybridized carbons (Fsp3) is 0.778. The van der Waals surface area contributed by atoms with Crippen LogP contribution in [0.3, 0.4) is 0 Å². The van der Waals surface area contributed by atoms with E-state index in [4.69, 9.17) is 4.74 Å². The van der Waals surface area contributed by atoms with Crippen LogP contribution in [0.15, 0.2) is 11.8 Å². The predicted octanol–water partition coefficient (Wildman–Crippen LogP) is 0.603. The number of nitrogens with zero attached hydrogens (tertiary/aromatic N) is 1. The maximum absolute atomic E-state index is 9.61. The Balaban J connectivity index is 2.39. The zero-order valence-corrected chi connectivity index (χ0v) is 7.79. The summed E-state index contributed by atoms with van der Waals surface area (Å²) in [6, 6.07) is 0. The fourth-order valence-electron chi connectivity index (χ4n) is 1.24. The van der Waals surface area contributed by atoms with Crippen molar-refractivity contribution in [2.75, 3.05) is 27.2 Å². The molecular weight excluding hydrogens is 154 g/mol.